The van der Waals surface area contributed by atoms with E-state index in [-0.39, 0.29) is 5.91 Å². The fraction of sp³-hybridized carbons (Fsp3) is 0.417. The number of amides is 1. The number of carbonyl (C=O) groups excluding carboxylic acids is 1. The molecule has 4 nitrogen and oxygen atoms in total. The van der Waals surface area contributed by atoms with Crippen LogP contribution in [0.1, 0.15) is 40.3 Å². The second-order valence-electron chi connectivity index (χ2n) is 7.72. The van der Waals surface area contributed by atoms with Crippen LogP contribution in [0.3, 0.4) is 0 Å². The molecule has 0 atom stereocenters. The number of ether oxygens (including phenoxy) is 1. The van der Waals surface area contributed by atoms with E-state index < -0.39 is 0 Å². The number of rotatable bonds is 6. The first-order valence-corrected chi connectivity index (χ1v) is 10.9. The number of aromatic nitrogens is 1. The van der Waals surface area contributed by atoms with Crippen molar-refractivity contribution < 1.29 is 9.53 Å². The van der Waals surface area contributed by atoms with Crippen molar-refractivity contribution in [1.82, 2.24) is 4.57 Å². The molecule has 0 N–H and O–H groups in total. The molecule has 2 aromatic carbocycles. The predicted octanol–water partition coefficient (Wildman–Crippen LogP) is 4.95. The van der Waals surface area contributed by atoms with Gasteiger partial charge in [0, 0.05) is 13.2 Å². The molecule has 0 radical (unpaired) electrons. The zero-order valence-corrected chi connectivity index (χ0v) is 19.1. The Bertz CT molecular complexity index is 1100. The van der Waals surface area contributed by atoms with Gasteiger partial charge in [-0.1, -0.05) is 35.1 Å². The number of nitrogens with zero attached hydrogens (tertiary/aromatic N) is 2. The molecule has 0 unspecified atom stereocenters. The lowest BCUT2D eigenvalue weighted by molar-refractivity contribution is -0.117. The maximum Gasteiger partial charge on any atom is 0.252 e. The Labute approximate surface area is 176 Å². The van der Waals surface area contributed by atoms with Crippen LogP contribution in [0, 0.1) is 34.6 Å². The van der Waals surface area contributed by atoms with E-state index in [4.69, 9.17) is 4.74 Å². The van der Waals surface area contributed by atoms with E-state index in [1.54, 1.807) is 11.3 Å². The van der Waals surface area contributed by atoms with Gasteiger partial charge in [0.1, 0.15) is 0 Å². The van der Waals surface area contributed by atoms with Crippen LogP contribution in [0.25, 0.3) is 10.2 Å². The molecule has 0 bridgehead atoms. The molecule has 0 aliphatic rings. The van der Waals surface area contributed by atoms with Gasteiger partial charge in [-0.3, -0.25) is 4.79 Å². The SMILES string of the molecule is CCOCCn1c(=NC(=O)Cc2c(C)cc(C)cc2C)sc2c(C)cc(C)cc21. The van der Waals surface area contributed by atoms with Gasteiger partial charge in [0.05, 0.1) is 23.2 Å². The van der Waals surface area contributed by atoms with Crippen LogP contribution in [0.15, 0.2) is 29.3 Å². The minimum atomic E-state index is -0.105. The van der Waals surface area contributed by atoms with Crippen molar-refractivity contribution in [3.8, 4) is 0 Å². The topological polar surface area (TPSA) is 43.6 Å². The maximum absolute atomic E-state index is 12.9. The Balaban J connectivity index is 2.03. The number of carbonyl (C=O) groups is 1. The van der Waals surface area contributed by atoms with Gasteiger partial charge in [-0.15, -0.1) is 0 Å². The highest BCUT2D eigenvalue weighted by Gasteiger charge is 2.13. The molecule has 3 aromatic rings. The Morgan fingerprint density at radius 1 is 1.00 bits per heavy atom. The van der Waals surface area contributed by atoms with Crippen molar-refractivity contribution >= 4 is 27.5 Å². The number of hydrogen-bond donors (Lipinski definition) is 0. The molecule has 29 heavy (non-hydrogen) atoms. The van der Waals surface area contributed by atoms with Gasteiger partial charge >= 0.3 is 0 Å². The van der Waals surface area contributed by atoms with Gasteiger partial charge in [-0.2, -0.15) is 4.99 Å². The van der Waals surface area contributed by atoms with Gasteiger partial charge in [0.25, 0.3) is 5.91 Å². The third-order valence-electron chi connectivity index (χ3n) is 5.17. The molecule has 5 heteroatoms. The lowest BCUT2D eigenvalue weighted by Gasteiger charge is -2.09. The molecule has 0 aliphatic carbocycles. The molecule has 0 saturated heterocycles. The van der Waals surface area contributed by atoms with Crippen LogP contribution in [-0.4, -0.2) is 23.7 Å². The van der Waals surface area contributed by atoms with Crippen molar-refractivity contribution in [2.24, 2.45) is 4.99 Å². The van der Waals surface area contributed by atoms with Crippen LogP contribution in [0.4, 0.5) is 0 Å². The average molecular weight is 411 g/mol. The van der Waals surface area contributed by atoms with Gasteiger partial charge < -0.3 is 9.30 Å². The van der Waals surface area contributed by atoms with E-state index in [0.29, 0.717) is 26.2 Å². The normalized spacial score (nSPS) is 12.1. The van der Waals surface area contributed by atoms with Crippen molar-refractivity contribution in [3.05, 3.63) is 62.4 Å². The Morgan fingerprint density at radius 3 is 2.28 bits per heavy atom. The average Bonchev–Trinajstić information content (AvgIpc) is 2.96. The fourth-order valence-corrected chi connectivity index (χ4v) is 5.02. The second kappa shape index (κ2) is 9.06. The van der Waals surface area contributed by atoms with Crippen molar-refractivity contribution in [2.75, 3.05) is 13.2 Å². The monoisotopic (exact) mass is 410 g/mol. The number of benzene rings is 2. The highest BCUT2D eigenvalue weighted by molar-refractivity contribution is 7.16. The van der Waals surface area contributed by atoms with Gasteiger partial charge in [-0.25, -0.2) is 0 Å². The van der Waals surface area contributed by atoms with E-state index >= 15 is 0 Å². The molecule has 0 saturated carbocycles. The molecular formula is C24H30N2O2S. The molecule has 0 fully saturated rings. The fourth-order valence-electron chi connectivity index (χ4n) is 3.90. The first-order chi connectivity index (χ1) is 13.8. The van der Waals surface area contributed by atoms with Crippen LogP contribution < -0.4 is 4.80 Å². The number of fused-ring (bicyclic) bond motifs is 1. The smallest absolute Gasteiger partial charge is 0.252 e. The van der Waals surface area contributed by atoms with Gasteiger partial charge in [0.15, 0.2) is 4.80 Å². The summed E-state index contributed by atoms with van der Waals surface area (Å²) in [5.41, 5.74) is 8.16. The highest BCUT2D eigenvalue weighted by Crippen LogP contribution is 2.24. The van der Waals surface area contributed by atoms with E-state index in [1.165, 1.54) is 21.4 Å². The summed E-state index contributed by atoms with van der Waals surface area (Å²) in [6.07, 6.45) is 0.329. The lowest BCUT2D eigenvalue weighted by Crippen LogP contribution is -2.20. The third-order valence-corrected chi connectivity index (χ3v) is 6.40. The minimum Gasteiger partial charge on any atom is -0.380 e. The standard InChI is InChI=1S/C24H30N2O2S/c1-7-28-9-8-26-21-13-16(3)12-19(6)23(21)29-24(26)25-22(27)14-20-17(4)10-15(2)11-18(20)5/h10-13H,7-9,14H2,1-6H3. The van der Waals surface area contributed by atoms with Crippen LogP contribution in [-0.2, 0) is 22.5 Å². The first kappa shape index (κ1) is 21.5. The van der Waals surface area contributed by atoms with Crippen LogP contribution >= 0.6 is 11.3 Å². The zero-order chi connectivity index (χ0) is 21.1. The van der Waals surface area contributed by atoms with E-state index in [1.807, 2.05) is 6.92 Å². The third kappa shape index (κ3) is 4.85. The summed E-state index contributed by atoms with van der Waals surface area (Å²) >= 11 is 1.59. The number of thiazole rings is 1. The Kier molecular flexibility index (Phi) is 6.70. The summed E-state index contributed by atoms with van der Waals surface area (Å²) in [7, 11) is 0. The van der Waals surface area contributed by atoms with E-state index in [2.05, 4.69) is 68.4 Å². The molecule has 3 rings (SSSR count). The summed E-state index contributed by atoms with van der Waals surface area (Å²) in [4.78, 5) is 18.2. The van der Waals surface area contributed by atoms with Crippen LogP contribution in [0.2, 0.25) is 0 Å². The highest BCUT2D eigenvalue weighted by atomic mass is 32.1. The minimum absolute atomic E-state index is 0.105. The summed E-state index contributed by atoms with van der Waals surface area (Å²) in [5, 5.41) is 0. The quantitative estimate of drug-likeness (QED) is 0.540. The van der Waals surface area contributed by atoms with E-state index in [9.17, 15) is 4.79 Å². The Hall–Kier alpha value is -2.24. The molecule has 1 aromatic heterocycles. The molecule has 0 spiro atoms. The summed E-state index contributed by atoms with van der Waals surface area (Å²) in [6.45, 7) is 14.4. The van der Waals surface area contributed by atoms with Crippen molar-refractivity contribution in [2.45, 2.75) is 54.5 Å². The summed E-state index contributed by atoms with van der Waals surface area (Å²) in [5.74, 6) is -0.105. The van der Waals surface area contributed by atoms with Gasteiger partial charge in [0.2, 0.25) is 0 Å². The molecule has 154 valence electrons. The maximum atomic E-state index is 12.9. The molecule has 0 aliphatic heterocycles. The molecule has 1 heterocycles. The predicted molar refractivity (Wildman–Crippen MR) is 121 cm³/mol. The first-order valence-electron chi connectivity index (χ1n) is 10.1. The number of hydrogen-bond acceptors (Lipinski definition) is 3. The summed E-state index contributed by atoms with van der Waals surface area (Å²) in [6, 6.07) is 8.60. The van der Waals surface area contributed by atoms with Crippen LogP contribution in [0.5, 0.6) is 0 Å². The lowest BCUT2D eigenvalue weighted by atomic mass is 9.97. The van der Waals surface area contributed by atoms with Crippen molar-refractivity contribution in [1.29, 1.82) is 0 Å². The molecule has 1 amide bonds. The van der Waals surface area contributed by atoms with Gasteiger partial charge in [-0.05, 0) is 75.4 Å². The van der Waals surface area contributed by atoms with Crippen molar-refractivity contribution in [3.63, 3.8) is 0 Å². The zero-order valence-electron chi connectivity index (χ0n) is 18.3. The largest absolute Gasteiger partial charge is 0.380 e. The van der Waals surface area contributed by atoms with E-state index in [0.717, 1.165) is 27.0 Å². The second-order valence-corrected chi connectivity index (χ2v) is 8.70. The summed E-state index contributed by atoms with van der Waals surface area (Å²) < 4.78 is 8.88. The molecular weight excluding hydrogens is 380 g/mol. The Morgan fingerprint density at radius 2 is 1.62 bits per heavy atom. The number of aryl methyl sites for hydroxylation is 5.